The molecule has 0 amide bonds. The van der Waals surface area contributed by atoms with Gasteiger partial charge in [0.2, 0.25) is 0 Å². The molecule has 160 valence electrons. The summed E-state index contributed by atoms with van der Waals surface area (Å²) in [7, 11) is 2.17. The Kier molecular flexibility index (Phi) is 5.08. The minimum Gasteiger partial charge on any atom is -0.349 e. The molecule has 4 rings (SSSR count). The third-order valence-electron chi connectivity index (χ3n) is 8.06. The molecule has 0 aliphatic carbocycles. The average molecular weight is 411 g/mol. The Balaban J connectivity index is 1.90. The van der Waals surface area contributed by atoms with Gasteiger partial charge in [0.15, 0.2) is 0 Å². The standard InChI is InChI=1S/C29H34N2/c1-21-14-11-12-17-24(21)28(5,20-23-15-9-8-10-16-23)22(2)29(6)27(3,4)25-18-13-19-30-26(25)31(29)7/h8-19H,2,20H2,1,3-7H3. The van der Waals surface area contributed by atoms with Gasteiger partial charge in [-0.25, -0.2) is 4.98 Å². The zero-order chi connectivity index (χ0) is 22.4. The van der Waals surface area contributed by atoms with Crippen LogP contribution < -0.4 is 4.90 Å². The van der Waals surface area contributed by atoms with Crippen LogP contribution in [0.4, 0.5) is 5.82 Å². The second-order valence-electron chi connectivity index (χ2n) is 9.92. The fraction of sp³-hybridized carbons (Fsp3) is 0.345. The third kappa shape index (κ3) is 3.04. The van der Waals surface area contributed by atoms with Gasteiger partial charge in [-0.05, 0) is 48.6 Å². The largest absolute Gasteiger partial charge is 0.349 e. The second-order valence-corrected chi connectivity index (χ2v) is 9.92. The summed E-state index contributed by atoms with van der Waals surface area (Å²) < 4.78 is 0. The normalized spacial score (nSPS) is 21.4. The third-order valence-corrected chi connectivity index (χ3v) is 8.06. The van der Waals surface area contributed by atoms with Gasteiger partial charge in [-0.3, -0.25) is 0 Å². The SMILES string of the molecule is C=C(C(C)(Cc1ccccc1)c1ccccc1C)C1(C)N(C)c2ncccc2C1(C)C. The number of fused-ring (bicyclic) bond motifs is 1. The molecule has 0 fully saturated rings. The van der Waals surface area contributed by atoms with E-state index in [0.717, 1.165) is 12.2 Å². The predicted molar refractivity (Wildman–Crippen MR) is 132 cm³/mol. The Labute approximate surface area is 187 Å². The van der Waals surface area contributed by atoms with Crippen molar-refractivity contribution in [3.05, 3.63) is 107 Å². The fourth-order valence-electron chi connectivity index (χ4n) is 5.72. The summed E-state index contributed by atoms with van der Waals surface area (Å²) in [6, 6.07) is 23.8. The minimum atomic E-state index is -0.296. The van der Waals surface area contributed by atoms with Crippen LogP contribution in [0.3, 0.4) is 0 Å². The van der Waals surface area contributed by atoms with Crippen molar-refractivity contribution in [2.75, 3.05) is 11.9 Å². The quantitative estimate of drug-likeness (QED) is 0.439. The first-order valence-electron chi connectivity index (χ1n) is 11.1. The first-order chi connectivity index (χ1) is 14.6. The molecule has 0 saturated heterocycles. The molecule has 1 aliphatic rings. The lowest BCUT2D eigenvalue weighted by atomic mass is 9.58. The molecule has 0 bridgehead atoms. The smallest absolute Gasteiger partial charge is 0.132 e. The van der Waals surface area contributed by atoms with Crippen LogP contribution in [0.25, 0.3) is 0 Å². The van der Waals surface area contributed by atoms with E-state index in [1.165, 1.54) is 27.8 Å². The molecule has 1 aliphatic heterocycles. The number of nitrogens with zero attached hydrogens (tertiary/aromatic N) is 2. The Bertz CT molecular complexity index is 1110. The maximum absolute atomic E-state index is 4.85. The van der Waals surface area contributed by atoms with Crippen LogP contribution >= 0.6 is 0 Å². The summed E-state index contributed by atoms with van der Waals surface area (Å²) in [6.07, 6.45) is 2.80. The number of hydrogen-bond donors (Lipinski definition) is 0. The van der Waals surface area contributed by atoms with Crippen molar-refractivity contribution >= 4 is 5.82 Å². The molecule has 2 nitrogen and oxygen atoms in total. The van der Waals surface area contributed by atoms with E-state index in [1.54, 1.807) is 0 Å². The molecule has 2 aromatic carbocycles. The monoisotopic (exact) mass is 410 g/mol. The van der Waals surface area contributed by atoms with Crippen LogP contribution in [0.15, 0.2) is 85.1 Å². The highest BCUT2D eigenvalue weighted by Crippen LogP contribution is 2.57. The minimum absolute atomic E-state index is 0.136. The summed E-state index contributed by atoms with van der Waals surface area (Å²) in [5.74, 6) is 1.06. The average Bonchev–Trinajstić information content (AvgIpc) is 2.93. The molecule has 0 radical (unpaired) electrons. The van der Waals surface area contributed by atoms with Crippen molar-refractivity contribution in [2.45, 2.75) is 57.4 Å². The molecule has 2 unspecified atom stereocenters. The van der Waals surface area contributed by atoms with Gasteiger partial charge in [0.05, 0.1) is 5.54 Å². The van der Waals surface area contributed by atoms with E-state index in [9.17, 15) is 0 Å². The Hall–Kier alpha value is -2.87. The van der Waals surface area contributed by atoms with E-state index >= 15 is 0 Å². The number of aromatic nitrogens is 1. The van der Waals surface area contributed by atoms with E-state index in [1.807, 2.05) is 12.3 Å². The number of anilines is 1. The Morgan fingerprint density at radius 3 is 2.26 bits per heavy atom. The van der Waals surface area contributed by atoms with E-state index < -0.39 is 0 Å². The van der Waals surface area contributed by atoms with Crippen molar-refractivity contribution in [2.24, 2.45) is 0 Å². The summed E-state index contributed by atoms with van der Waals surface area (Å²) in [5.41, 5.74) is 5.81. The van der Waals surface area contributed by atoms with Gasteiger partial charge in [0.1, 0.15) is 5.82 Å². The van der Waals surface area contributed by atoms with Crippen molar-refractivity contribution in [1.82, 2.24) is 4.98 Å². The lowest BCUT2D eigenvalue weighted by molar-refractivity contribution is 0.303. The van der Waals surface area contributed by atoms with Crippen LogP contribution in [0, 0.1) is 6.92 Å². The molecule has 3 aromatic rings. The maximum Gasteiger partial charge on any atom is 0.132 e. The summed E-state index contributed by atoms with van der Waals surface area (Å²) in [4.78, 5) is 7.11. The van der Waals surface area contributed by atoms with Crippen molar-refractivity contribution in [1.29, 1.82) is 0 Å². The van der Waals surface area contributed by atoms with Gasteiger partial charge in [-0.15, -0.1) is 0 Å². The molecule has 2 heterocycles. The van der Waals surface area contributed by atoms with Crippen LogP contribution in [0.2, 0.25) is 0 Å². The van der Waals surface area contributed by atoms with Gasteiger partial charge in [0.25, 0.3) is 0 Å². The molecule has 0 saturated carbocycles. The van der Waals surface area contributed by atoms with Gasteiger partial charge in [-0.1, -0.05) is 88.0 Å². The van der Waals surface area contributed by atoms with Crippen molar-refractivity contribution < 1.29 is 0 Å². The van der Waals surface area contributed by atoms with Crippen LogP contribution in [-0.2, 0) is 17.3 Å². The second kappa shape index (κ2) is 7.37. The van der Waals surface area contributed by atoms with E-state index in [-0.39, 0.29) is 16.4 Å². The Morgan fingerprint density at radius 2 is 1.61 bits per heavy atom. The first-order valence-corrected chi connectivity index (χ1v) is 11.1. The summed E-state index contributed by atoms with van der Waals surface area (Å²) in [6.45, 7) is 16.5. The van der Waals surface area contributed by atoms with Crippen LogP contribution in [0.5, 0.6) is 0 Å². The summed E-state index contributed by atoms with van der Waals surface area (Å²) >= 11 is 0. The number of rotatable bonds is 5. The highest BCUT2D eigenvalue weighted by Gasteiger charge is 2.58. The lowest BCUT2D eigenvalue weighted by Crippen LogP contribution is -2.57. The molecule has 31 heavy (non-hydrogen) atoms. The van der Waals surface area contributed by atoms with Crippen LogP contribution in [-0.4, -0.2) is 17.6 Å². The highest BCUT2D eigenvalue weighted by molar-refractivity contribution is 5.66. The van der Waals surface area contributed by atoms with E-state index in [0.29, 0.717) is 0 Å². The molecule has 2 atom stereocenters. The topological polar surface area (TPSA) is 16.1 Å². The zero-order valence-corrected chi connectivity index (χ0v) is 19.7. The maximum atomic E-state index is 4.85. The number of benzene rings is 2. The van der Waals surface area contributed by atoms with Crippen molar-refractivity contribution in [3.8, 4) is 0 Å². The Morgan fingerprint density at radius 1 is 0.968 bits per heavy atom. The first kappa shape index (κ1) is 21.4. The molecular formula is C29H34N2. The van der Waals surface area contributed by atoms with Gasteiger partial charge < -0.3 is 4.90 Å². The van der Waals surface area contributed by atoms with E-state index in [4.69, 9.17) is 11.6 Å². The lowest BCUT2D eigenvalue weighted by Gasteiger charge is -2.51. The zero-order valence-electron chi connectivity index (χ0n) is 19.7. The molecule has 0 spiro atoms. The van der Waals surface area contributed by atoms with Gasteiger partial charge in [-0.2, -0.15) is 0 Å². The summed E-state index contributed by atoms with van der Waals surface area (Å²) in [5, 5.41) is 0. The molecule has 2 heteroatoms. The van der Waals surface area contributed by atoms with Gasteiger partial charge >= 0.3 is 0 Å². The van der Waals surface area contributed by atoms with E-state index in [2.05, 4.69) is 107 Å². The number of hydrogen-bond acceptors (Lipinski definition) is 2. The van der Waals surface area contributed by atoms with Crippen molar-refractivity contribution in [3.63, 3.8) is 0 Å². The van der Waals surface area contributed by atoms with Gasteiger partial charge in [0, 0.05) is 29.6 Å². The molecular weight excluding hydrogens is 376 g/mol. The molecule has 0 N–H and O–H groups in total. The fourth-order valence-corrected chi connectivity index (χ4v) is 5.72. The number of likely N-dealkylation sites (N-methyl/N-ethyl adjacent to an activating group) is 1. The highest BCUT2D eigenvalue weighted by atomic mass is 15.3. The molecule has 1 aromatic heterocycles. The number of pyridine rings is 1. The van der Waals surface area contributed by atoms with Crippen LogP contribution in [0.1, 0.15) is 49.9 Å². The number of aryl methyl sites for hydroxylation is 1. The predicted octanol–water partition coefficient (Wildman–Crippen LogP) is 6.63.